The minimum absolute atomic E-state index is 0.0952. The molecule has 1 nitrogen and oxygen atoms in total. The smallest absolute Gasteiger partial charge is 0.200 e. The standard InChI is InChI=1S/C35H54F2O/c1-3-5-24-7-10-26(11-8-24)27-13-15-28(16-14-27)31-18-17-30-21-25(9-12-32(30)22-31)23-38-33-20-19-29(6-4-2)34(36)35(33)37/h19-20,24-28,30-32H,3-18,21-23H2,1-2H3. The van der Waals surface area contributed by atoms with Crippen molar-refractivity contribution in [3.63, 3.8) is 0 Å². The van der Waals surface area contributed by atoms with Crippen molar-refractivity contribution in [2.24, 2.45) is 47.3 Å². The third-order valence-electron chi connectivity index (χ3n) is 11.6. The van der Waals surface area contributed by atoms with E-state index < -0.39 is 11.6 Å². The fraction of sp³-hybridized carbons (Fsp3) is 0.829. The van der Waals surface area contributed by atoms with Crippen molar-refractivity contribution >= 4 is 0 Å². The molecule has 0 saturated heterocycles. The van der Waals surface area contributed by atoms with Crippen molar-refractivity contribution in [2.45, 2.75) is 129 Å². The van der Waals surface area contributed by atoms with E-state index in [0.29, 0.717) is 24.5 Å². The maximum Gasteiger partial charge on any atom is 0.200 e. The van der Waals surface area contributed by atoms with Crippen LogP contribution in [0.2, 0.25) is 0 Å². The molecular formula is C35H54F2O. The van der Waals surface area contributed by atoms with Crippen LogP contribution in [0.5, 0.6) is 5.75 Å². The number of aryl methyl sites for hydroxylation is 1. The zero-order valence-electron chi connectivity index (χ0n) is 24.4. The summed E-state index contributed by atoms with van der Waals surface area (Å²) >= 11 is 0. The highest BCUT2D eigenvalue weighted by atomic mass is 19.2. The van der Waals surface area contributed by atoms with Gasteiger partial charge in [0.25, 0.3) is 0 Å². The first-order chi connectivity index (χ1) is 18.6. The number of rotatable bonds is 9. The Morgan fingerprint density at radius 1 is 0.605 bits per heavy atom. The van der Waals surface area contributed by atoms with Crippen molar-refractivity contribution in [1.82, 2.24) is 0 Å². The fourth-order valence-corrected chi connectivity index (χ4v) is 9.40. The number of halogens is 2. The molecule has 0 N–H and O–H groups in total. The molecule has 4 fully saturated rings. The zero-order chi connectivity index (χ0) is 26.5. The molecule has 0 radical (unpaired) electrons. The quantitative estimate of drug-likeness (QED) is 0.310. The van der Waals surface area contributed by atoms with Crippen LogP contribution < -0.4 is 4.74 Å². The molecule has 4 aliphatic rings. The minimum atomic E-state index is -0.802. The molecule has 0 bridgehead atoms. The fourth-order valence-electron chi connectivity index (χ4n) is 9.40. The largest absolute Gasteiger partial charge is 0.490 e. The molecule has 0 amide bonds. The van der Waals surface area contributed by atoms with E-state index in [1.165, 1.54) is 103 Å². The third kappa shape index (κ3) is 6.77. The van der Waals surface area contributed by atoms with Crippen molar-refractivity contribution in [2.75, 3.05) is 6.61 Å². The first kappa shape index (κ1) is 28.4. The monoisotopic (exact) mass is 528 g/mol. The molecule has 4 aliphatic carbocycles. The lowest BCUT2D eigenvalue weighted by Gasteiger charge is -2.46. The summed E-state index contributed by atoms with van der Waals surface area (Å²) < 4.78 is 34.7. The summed E-state index contributed by atoms with van der Waals surface area (Å²) in [6.07, 6.45) is 24.2. The van der Waals surface area contributed by atoms with Crippen LogP contribution in [0.3, 0.4) is 0 Å². The molecule has 4 unspecified atom stereocenters. The Labute approximate surface area is 231 Å². The SMILES string of the molecule is CCCc1ccc(OCC2CCC3CC(C4CCC(C5CCC(CCC)CC5)CC4)CCC3C2)c(F)c1F. The first-order valence-electron chi connectivity index (χ1n) is 16.6. The van der Waals surface area contributed by atoms with E-state index in [-0.39, 0.29) is 5.75 Å². The van der Waals surface area contributed by atoms with E-state index in [9.17, 15) is 8.78 Å². The van der Waals surface area contributed by atoms with E-state index in [1.54, 1.807) is 12.1 Å². The highest BCUT2D eigenvalue weighted by Crippen LogP contribution is 2.50. The molecular weight excluding hydrogens is 474 g/mol. The van der Waals surface area contributed by atoms with Crippen molar-refractivity contribution < 1.29 is 13.5 Å². The average Bonchev–Trinajstić information content (AvgIpc) is 2.95. The number of hydrogen-bond donors (Lipinski definition) is 0. The number of hydrogen-bond acceptors (Lipinski definition) is 1. The molecule has 0 spiro atoms. The van der Waals surface area contributed by atoms with Gasteiger partial charge in [-0.3, -0.25) is 0 Å². The number of fused-ring (bicyclic) bond motifs is 1. The average molecular weight is 529 g/mol. The van der Waals surface area contributed by atoms with Crippen LogP contribution in [0.4, 0.5) is 8.78 Å². The van der Waals surface area contributed by atoms with Gasteiger partial charge in [-0.2, -0.15) is 4.39 Å². The van der Waals surface area contributed by atoms with E-state index in [0.717, 1.165) is 47.8 Å². The van der Waals surface area contributed by atoms with Gasteiger partial charge in [-0.15, -0.1) is 0 Å². The number of ether oxygens (including phenoxy) is 1. The predicted octanol–water partition coefficient (Wildman–Crippen LogP) is 10.5. The molecule has 5 rings (SSSR count). The minimum Gasteiger partial charge on any atom is -0.490 e. The lowest BCUT2D eigenvalue weighted by atomic mass is 9.60. The maximum atomic E-state index is 14.5. The number of benzene rings is 1. The summed E-state index contributed by atoms with van der Waals surface area (Å²) in [6.45, 7) is 4.86. The van der Waals surface area contributed by atoms with Crippen LogP contribution in [0, 0.1) is 59.0 Å². The Morgan fingerprint density at radius 3 is 1.79 bits per heavy atom. The van der Waals surface area contributed by atoms with Crippen LogP contribution in [-0.4, -0.2) is 6.61 Å². The Kier molecular flexibility index (Phi) is 10.1. The molecule has 38 heavy (non-hydrogen) atoms. The predicted molar refractivity (Wildman–Crippen MR) is 153 cm³/mol. The van der Waals surface area contributed by atoms with Gasteiger partial charge in [-0.1, -0.05) is 52.0 Å². The van der Waals surface area contributed by atoms with Gasteiger partial charge < -0.3 is 4.74 Å². The molecule has 214 valence electrons. The van der Waals surface area contributed by atoms with E-state index in [2.05, 4.69) is 6.92 Å². The second-order valence-corrected chi connectivity index (χ2v) is 13.9. The topological polar surface area (TPSA) is 9.23 Å². The van der Waals surface area contributed by atoms with Crippen molar-refractivity contribution in [3.05, 3.63) is 29.3 Å². The maximum absolute atomic E-state index is 14.5. The van der Waals surface area contributed by atoms with Gasteiger partial charge in [0.1, 0.15) is 0 Å². The van der Waals surface area contributed by atoms with Crippen LogP contribution in [-0.2, 0) is 6.42 Å². The lowest BCUT2D eigenvalue weighted by Crippen LogP contribution is -2.36. The second kappa shape index (κ2) is 13.5. The van der Waals surface area contributed by atoms with Crippen molar-refractivity contribution in [1.29, 1.82) is 0 Å². The van der Waals surface area contributed by atoms with Gasteiger partial charge in [0.05, 0.1) is 6.61 Å². The van der Waals surface area contributed by atoms with E-state index >= 15 is 0 Å². The molecule has 0 heterocycles. The van der Waals surface area contributed by atoms with Crippen molar-refractivity contribution in [3.8, 4) is 5.75 Å². The first-order valence-corrected chi connectivity index (χ1v) is 16.6. The molecule has 0 aromatic heterocycles. The Hall–Kier alpha value is -1.12. The Balaban J connectivity index is 1.03. The van der Waals surface area contributed by atoms with Gasteiger partial charge >= 0.3 is 0 Å². The normalized spacial score (nSPS) is 36.0. The van der Waals surface area contributed by atoms with Crippen LogP contribution in [0.1, 0.15) is 129 Å². The Bertz CT molecular complexity index is 867. The molecule has 4 atom stereocenters. The summed E-state index contributed by atoms with van der Waals surface area (Å²) in [7, 11) is 0. The summed E-state index contributed by atoms with van der Waals surface area (Å²) in [6, 6.07) is 3.33. The second-order valence-electron chi connectivity index (χ2n) is 13.9. The van der Waals surface area contributed by atoms with Gasteiger partial charge in [0, 0.05) is 0 Å². The third-order valence-corrected chi connectivity index (χ3v) is 11.6. The lowest BCUT2D eigenvalue weighted by molar-refractivity contribution is 0.0419. The summed E-state index contributed by atoms with van der Waals surface area (Å²) in [5.74, 6) is 5.80. The summed E-state index contributed by atoms with van der Waals surface area (Å²) in [5.41, 5.74) is 0.456. The van der Waals surface area contributed by atoms with Gasteiger partial charge in [0.15, 0.2) is 11.6 Å². The van der Waals surface area contributed by atoms with E-state index in [1.807, 2.05) is 6.92 Å². The van der Waals surface area contributed by atoms with E-state index in [4.69, 9.17) is 4.74 Å². The van der Waals surface area contributed by atoms with Gasteiger partial charge in [-0.05, 0) is 142 Å². The molecule has 1 aromatic carbocycles. The molecule has 1 aromatic rings. The van der Waals surface area contributed by atoms with Gasteiger partial charge in [0.2, 0.25) is 5.82 Å². The van der Waals surface area contributed by atoms with Gasteiger partial charge in [-0.25, -0.2) is 4.39 Å². The molecule has 0 aliphatic heterocycles. The Morgan fingerprint density at radius 2 is 1.13 bits per heavy atom. The van der Waals surface area contributed by atoms with Crippen LogP contribution >= 0.6 is 0 Å². The summed E-state index contributed by atoms with van der Waals surface area (Å²) in [4.78, 5) is 0. The molecule has 3 heteroatoms. The van der Waals surface area contributed by atoms with Crippen LogP contribution in [0.25, 0.3) is 0 Å². The highest BCUT2D eigenvalue weighted by molar-refractivity contribution is 5.31. The van der Waals surface area contributed by atoms with Crippen LogP contribution in [0.15, 0.2) is 12.1 Å². The zero-order valence-corrected chi connectivity index (χ0v) is 24.4. The molecule has 4 saturated carbocycles. The highest BCUT2D eigenvalue weighted by Gasteiger charge is 2.40. The summed E-state index contributed by atoms with van der Waals surface area (Å²) in [5, 5.41) is 0.